The van der Waals surface area contributed by atoms with E-state index in [-0.39, 0.29) is 17.3 Å². The fourth-order valence-electron chi connectivity index (χ4n) is 2.38. The van der Waals surface area contributed by atoms with Crippen molar-refractivity contribution in [2.45, 2.75) is 39.5 Å². The summed E-state index contributed by atoms with van der Waals surface area (Å²) in [4.78, 5) is 15.4. The van der Waals surface area contributed by atoms with Gasteiger partial charge in [-0.25, -0.2) is 4.98 Å². The van der Waals surface area contributed by atoms with Crippen LogP contribution in [-0.4, -0.2) is 26.3 Å². The minimum Gasteiger partial charge on any atom is -0.481 e. The highest BCUT2D eigenvalue weighted by Crippen LogP contribution is 2.63. The Morgan fingerprint density at radius 2 is 2.25 bits per heavy atom. The van der Waals surface area contributed by atoms with Crippen molar-refractivity contribution in [1.29, 1.82) is 0 Å². The summed E-state index contributed by atoms with van der Waals surface area (Å²) in [5.74, 6) is 0.353. The number of nitrogens with one attached hydrogen (secondary N) is 1. The zero-order valence-electron chi connectivity index (χ0n) is 9.82. The molecule has 0 bridgehead atoms. The van der Waals surface area contributed by atoms with E-state index in [1.165, 1.54) is 0 Å². The maximum absolute atomic E-state index is 11.0. The fraction of sp³-hybridized carbons (Fsp3) is 0.727. The van der Waals surface area contributed by atoms with E-state index in [1.807, 2.05) is 13.8 Å². The Balaban J connectivity index is 2.17. The van der Waals surface area contributed by atoms with Gasteiger partial charge in [0.15, 0.2) is 5.82 Å². The van der Waals surface area contributed by atoms with Crippen LogP contribution in [0.25, 0.3) is 0 Å². The van der Waals surface area contributed by atoms with Gasteiger partial charge in [0.25, 0.3) is 0 Å². The van der Waals surface area contributed by atoms with Gasteiger partial charge in [0.05, 0.1) is 5.92 Å². The molecule has 16 heavy (non-hydrogen) atoms. The number of nitrogens with zero attached hydrogens (tertiary/aromatic N) is 2. The first kappa shape index (κ1) is 11.1. The van der Waals surface area contributed by atoms with Crippen molar-refractivity contribution in [2.24, 2.45) is 11.3 Å². The molecule has 0 amide bonds. The van der Waals surface area contributed by atoms with Crippen LogP contribution in [0.5, 0.6) is 0 Å². The molecule has 0 aliphatic heterocycles. The molecule has 2 N–H and O–H groups in total. The fourth-order valence-corrected chi connectivity index (χ4v) is 2.38. The summed E-state index contributed by atoms with van der Waals surface area (Å²) in [6, 6.07) is 0. The normalized spacial score (nSPS) is 26.7. The first-order valence-corrected chi connectivity index (χ1v) is 5.62. The van der Waals surface area contributed by atoms with Crippen LogP contribution in [0.2, 0.25) is 0 Å². The van der Waals surface area contributed by atoms with Crippen LogP contribution in [0.15, 0.2) is 0 Å². The van der Waals surface area contributed by atoms with Gasteiger partial charge < -0.3 is 5.11 Å². The number of carboxylic acids is 1. The SMILES string of the molecule is CCCc1nc(C2C(C(=O)O)C2(C)C)n[nH]1. The number of aromatic amines is 1. The summed E-state index contributed by atoms with van der Waals surface area (Å²) in [6.45, 7) is 5.97. The average Bonchev–Trinajstić information content (AvgIpc) is 2.57. The van der Waals surface area contributed by atoms with Gasteiger partial charge >= 0.3 is 5.97 Å². The molecule has 2 rings (SSSR count). The summed E-state index contributed by atoms with van der Waals surface area (Å²) < 4.78 is 0. The summed E-state index contributed by atoms with van der Waals surface area (Å²) in [5, 5.41) is 16.1. The lowest BCUT2D eigenvalue weighted by molar-refractivity contribution is -0.139. The van der Waals surface area contributed by atoms with Crippen LogP contribution >= 0.6 is 0 Å². The molecular weight excluding hydrogens is 206 g/mol. The Morgan fingerprint density at radius 3 is 2.75 bits per heavy atom. The Hall–Kier alpha value is -1.39. The number of carboxylic acid groups (broad SMARTS) is 1. The number of hydrogen-bond acceptors (Lipinski definition) is 3. The quantitative estimate of drug-likeness (QED) is 0.812. The van der Waals surface area contributed by atoms with Crippen molar-refractivity contribution in [1.82, 2.24) is 15.2 Å². The van der Waals surface area contributed by atoms with Crippen LogP contribution in [-0.2, 0) is 11.2 Å². The lowest BCUT2D eigenvalue weighted by Gasteiger charge is -1.96. The average molecular weight is 223 g/mol. The second-order valence-electron chi connectivity index (χ2n) is 5.01. The molecule has 2 unspecified atom stereocenters. The van der Waals surface area contributed by atoms with Crippen molar-refractivity contribution >= 4 is 5.97 Å². The maximum atomic E-state index is 11.0. The van der Waals surface area contributed by atoms with Crippen LogP contribution in [0, 0.1) is 11.3 Å². The second kappa shape index (κ2) is 3.57. The summed E-state index contributed by atoms with van der Waals surface area (Å²) in [7, 11) is 0. The Bertz CT molecular complexity index is 411. The van der Waals surface area contributed by atoms with Crippen molar-refractivity contribution < 1.29 is 9.90 Å². The molecule has 1 aromatic rings. The zero-order valence-corrected chi connectivity index (χ0v) is 9.82. The zero-order chi connectivity index (χ0) is 11.9. The molecule has 0 radical (unpaired) electrons. The third kappa shape index (κ3) is 1.60. The van der Waals surface area contributed by atoms with Crippen LogP contribution in [0.1, 0.15) is 44.8 Å². The highest BCUT2D eigenvalue weighted by molar-refractivity contribution is 5.77. The standard InChI is InChI=1S/C11H17N3O2/c1-4-5-6-12-9(14-13-6)7-8(10(15)16)11(7,2)3/h7-8H,4-5H2,1-3H3,(H,15,16)(H,12,13,14). The van der Waals surface area contributed by atoms with Gasteiger partial charge in [-0.1, -0.05) is 20.8 Å². The molecule has 2 atom stereocenters. The maximum Gasteiger partial charge on any atom is 0.307 e. The van der Waals surface area contributed by atoms with Crippen LogP contribution in [0.3, 0.4) is 0 Å². The van der Waals surface area contributed by atoms with Gasteiger partial charge in [-0.2, -0.15) is 5.10 Å². The Labute approximate surface area is 94.3 Å². The number of carbonyl (C=O) groups is 1. The molecule has 0 aromatic carbocycles. The number of aromatic nitrogens is 3. The van der Waals surface area contributed by atoms with Gasteiger partial charge in [0.1, 0.15) is 5.82 Å². The predicted octanol–water partition coefficient (Wildman–Crippen LogP) is 1.58. The number of rotatable bonds is 4. The molecule has 1 aliphatic carbocycles. The van der Waals surface area contributed by atoms with E-state index >= 15 is 0 Å². The van der Waals surface area contributed by atoms with E-state index in [0.29, 0.717) is 5.82 Å². The Morgan fingerprint density at radius 1 is 1.56 bits per heavy atom. The molecular formula is C11H17N3O2. The van der Waals surface area contributed by atoms with Gasteiger partial charge in [-0.3, -0.25) is 9.89 Å². The van der Waals surface area contributed by atoms with Gasteiger partial charge in [-0.15, -0.1) is 0 Å². The van der Waals surface area contributed by atoms with Crippen molar-refractivity contribution in [3.63, 3.8) is 0 Å². The molecule has 1 fully saturated rings. The van der Waals surface area contributed by atoms with Gasteiger partial charge in [0.2, 0.25) is 0 Å². The first-order chi connectivity index (χ1) is 7.48. The van der Waals surface area contributed by atoms with Crippen LogP contribution < -0.4 is 0 Å². The second-order valence-corrected chi connectivity index (χ2v) is 5.01. The van der Waals surface area contributed by atoms with E-state index in [2.05, 4.69) is 22.1 Å². The van der Waals surface area contributed by atoms with Crippen molar-refractivity contribution in [3.8, 4) is 0 Å². The number of H-pyrrole nitrogens is 1. The number of aryl methyl sites for hydroxylation is 1. The third-order valence-electron chi connectivity index (χ3n) is 3.41. The number of aliphatic carboxylic acids is 1. The minimum atomic E-state index is -0.753. The predicted molar refractivity (Wildman–Crippen MR) is 58.0 cm³/mol. The molecule has 1 aliphatic rings. The van der Waals surface area contributed by atoms with Gasteiger partial charge in [-0.05, 0) is 11.8 Å². The molecule has 88 valence electrons. The third-order valence-corrected chi connectivity index (χ3v) is 3.41. The first-order valence-electron chi connectivity index (χ1n) is 5.62. The monoisotopic (exact) mass is 223 g/mol. The Kier molecular flexibility index (Phi) is 2.48. The van der Waals surface area contributed by atoms with Gasteiger partial charge in [0, 0.05) is 12.3 Å². The molecule has 5 nitrogen and oxygen atoms in total. The van der Waals surface area contributed by atoms with E-state index in [9.17, 15) is 4.79 Å². The highest BCUT2D eigenvalue weighted by atomic mass is 16.4. The molecule has 1 aromatic heterocycles. The topological polar surface area (TPSA) is 78.9 Å². The van der Waals surface area contributed by atoms with E-state index in [1.54, 1.807) is 0 Å². The largest absolute Gasteiger partial charge is 0.481 e. The van der Waals surface area contributed by atoms with E-state index in [0.717, 1.165) is 18.7 Å². The lowest BCUT2D eigenvalue weighted by Crippen LogP contribution is -2.03. The smallest absolute Gasteiger partial charge is 0.307 e. The summed E-state index contributed by atoms with van der Waals surface area (Å²) >= 11 is 0. The molecule has 1 saturated carbocycles. The van der Waals surface area contributed by atoms with Crippen molar-refractivity contribution in [2.75, 3.05) is 0 Å². The molecule has 5 heteroatoms. The van der Waals surface area contributed by atoms with Crippen LogP contribution in [0.4, 0.5) is 0 Å². The van der Waals surface area contributed by atoms with Crippen molar-refractivity contribution in [3.05, 3.63) is 11.6 Å². The molecule has 0 spiro atoms. The lowest BCUT2D eigenvalue weighted by atomic mass is 10.1. The number of hydrogen-bond donors (Lipinski definition) is 2. The highest BCUT2D eigenvalue weighted by Gasteiger charge is 2.64. The van der Waals surface area contributed by atoms with E-state index in [4.69, 9.17) is 5.11 Å². The summed E-state index contributed by atoms with van der Waals surface area (Å²) in [5.41, 5.74) is -0.225. The summed E-state index contributed by atoms with van der Waals surface area (Å²) in [6.07, 6.45) is 1.86. The molecule has 1 heterocycles. The molecule has 0 saturated heterocycles. The van der Waals surface area contributed by atoms with E-state index < -0.39 is 5.97 Å². The minimum absolute atomic E-state index is 0.0492.